The van der Waals surface area contributed by atoms with Crippen LogP contribution in [0.25, 0.3) is 4.83 Å². The molecule has 4 rings (SSSR count). The molecule has 1 amide bonds. The molecule has 0 unspecified atom stereocenters. The molecule has 31 heavy (non-hydrogen) atoms. The molecule has 4 aromatic rings. The zero-order chi connectivity index (χ0) is 22.1. The van der Waals surface area contributed by atoms with Gasteiger partial charge in [-0.2, -0.15) is 0 Å². The molecule has 0 fully saturated rings. The van der Waals surface area contributed by atoms with Gasteiger partial charge in [0, 0.05) is 24.5 Å². The summed E-state index contributed by atoms with van der Waals surface area (Å²) in [4.78, 5) is 42.9. The molecule has 0 aliphatic heterocycles. The molecule has 0 saturated heterocycles. The van der Waals surface area contributed by atoms with Crippen LogP contribution in [0.15, 0.2) is 58.4 Å². The Kier molecular flexibility index (Phi) is 5.38. The number of thiazole rings is 1. The highest BCUT2D eigenvalue weighted by molar-refractivity contribution is 7.19. The van der Waals surface area contributed by atoms with Crippen LogP contribution in [0.4, 0.5) is 10.2 Å². The molecule has 8 nitrogen and oxygen atoms in total. The van der Waals surface area contributed by atoms with Gasteiger partial charge >= 0.3 is 5.69 Å². The Morgan fingerprint density at radius 1 is 1.23 bits per heavy atom. The molecule has 10 heteroatoms. The number of hydrogen-bond donors (Lipinski definition) is 2. The summed E-state index contributed by atoms with van der Waals surface area (Å²) < 4.78 is 15.8. The van der Waals surface area contributed by atoms with E-state index in [-0.39, 0.29) is 23.9 Å². The summed E-state index contributed by atoms with van der Waals surface area (Å²) in [6, 6.07) is 9.10. The number of amides is 1. The smallest absolute Gasteiger partial charge is 0.336 e. The fourth-order valence-electron chi connectivity index (χ4n) is 3.14. The molecule has 0 aliphatic carbocycles. The quantitative estimate of drug-likeness (QED) is 0.494. The molecule has 0 radical (unpaired) electrons. The third-order valence-corrected chi connectivity index (χ3v) is 5.96. The summed E-state index contributed by atoms with van der Waals surface area (Å²) in [5.41, 5.74) is 6.08. The number of halogens is 1. The van der Waals surface area contributed by atoms with E-state index in [2.05, 4.69) is 10.3 Å². The standard InChI is InChI=1S/C21H18FN5O3S/c1-12-19(29)26(10-13-3-2-4-15(22)7-13)21(30)27-11-16(31-20(12)27)18(28)25-9-14-5-6-17(23)24-8-14/h2-8,11H,9-10H2,1H3,(H2,23,24)(H,25,28). The number of nitrogen functional groups attached to an aromatic ring is 1. The number of pyridine rings is 1. The van der Waals surface area contributed by atoms with Crippen LogP contribution in [0, 0.1) is 12.7 Å². The molecule has 0 aliphatic rings. The number of carbonyl (C=O) groups excluding carboxylic acids is 1. The van der Waals surface area contributed by atoms with E-state index < -0.39 is 17.1 Å². The van der Waals surface area contributed by atoms with Crippen LogP contribution in [-0.2, 0) is 13.1 Å². The number of aromatic nitrogens is 3. The Bertz CT molecular complexity index is 1410. The van der Waals surface area contributed by atoms with Gasteiger partial charge in [-0.25, -0.2) is 14.2 Å². The van der Waals surface area contributed by atoms with Gasteiger partial charge in [0.05, 0.1) is 6.54 Å². The van der Waals surface area contributed by atoms with Crippen LogP contribution in [0.5, 0.6) is 0 Å². The summed E-state index contributed by atoms with van der Waals surface area (Å²) >= 11 is 1.06. The van der Waals surface area contributed by atoms with Gasteiger partial charge in [0.2, 0.25) is 0 Å². The van der Waals surface area contributed by atoms with E-state index in [9.17, 15) is 18.8 Å². The number of benzene rings is 1. The minimum absolute atomic E-state index is 0.0687. The van der Waals surface area contributed by atoms with Crippen molar-refractivity contribution < 1.29 is 9.18 Å². The lowest BCUT2D eigenvalue weighted by Gasteiger charge is -2.07. The molecule has 1 aromatic carbocycles. The third-order valence-electron chi connectivity index (χ3n) is 4.75. The predicted octanol–water partition coefficient (Wildman–Crippen LogP) is 1.93. The highest BCUT2D eigenvalue weighted by atomic mass is 32.1. The number of fused-ring (bicyclic) bond motifs is 1. The van der Waals surface area contributed by atoms with Gasteiger partial charge in [0.25, 0.3) is 11.5 Å². The fourth-order valence-corrected chi connectivity index (χ4v) is 4.14. The number of aryl methyl sites for hydroxylation is 1. The minimum Gasteiger partial charge on any atom is -0.384 e. The molecular formula is C21H18FN5O3S. The Hall–Kier alpha value is -3.79. The van der Waals surface area contributed by atoms with Crippen LogP contribution in [0.2, 0.25) is 0 Å². The normalized spacial score (nSPS) is 11.0. The predicted molar refractivity (Wildman–Crippen MR) is 116 cm³/mol. The number of anilines is 1. The van der Waals surface area contributed by atoms with Gasteiger partial charge in [-0.1, -0.05) is 18.2 Å². The zero-order valence-corrected chi connectivity index (χ0v) is 17.3. The number of rotatable bonds is 5. The average Bonchev–Trinajstić information content (AvgIpc) is 3.21. The Labute approximate surface area is 179 Å². The van der Waals surface area contributed by atoms with E-state index in [0.717, 1.165) is 21.5 Å². The summed E-state index contributed by atoms with van der Waals surface area (Å²) in [5.74, 6) is -0.447. The first-order valence-corrected chi connectivity index (χ1v) is 10.1. The molecule has 0 atom stereocenters. The van der Waals surface area contributed by atoms with Gasteiger partial charge in [-0.15, -0.1) is 11.3 Å². The van der Waals surface area contributed by atoms with Crippen molar-refractivity contribution in [2.75, 3.05) is 5.73 Å². The summed E-state index contributed by atoms with van der Waals surface area (Å²) in [6.45, 7) is 1.76. The first-order valence-electron chi connectivity index (χ1n) is 9.32. The van der Waals surface area contributed by atoms with E-state index in [1.54, 1.807) is 31.3 Å². The van der Waals surface area contributed by atoms with Gasteiger partial charge in [-0.3, -0.25) is 18.6 Å². The molecule has 0 bridgehead atoms. The number of carbonyl (C=O) groups is 1. The van der Waals surface area contributed by atoms with E-state index in [1.807, 2.05) is 0 Å². The minimum atomic E-state index is -0.590. The van der Waals surface area contributed by atoms with Crippen molar-refractivity contribution in [1.82, 2.24) is 19.3 Å². The van der Waals surface area contributed by atoms with Gasteiger partial charge < -0.3 is 11.1 Å². The van der Waals surface area contributed by atoms with E-state index in [4.69, 9.17) is 5.73 Å². The number of hydrogen-bond acceptors (Lipinski definition) is 6. The Morgan fingerprint density at radius 2 is 2.03 bits per heavy atom. The van der Waals surface area contributed by atoms with Crippen LogP contribution in [0.3, 0.4) is 0 Å². The molecular weight excluding hydrogens is 421 g/mol. The average molecular weight is 439 g/mol. The second-order valence-corrected chi connectivity index (χ2v) is 8.00. The highest BCUT2D eigenvalue weighted by Gasteiger charge is 2.17. The Balaban J connectivity index is 1.65. The van der Waals surface area contributed by atoms with E-state index in [1.165, 1.54) is 28.8 Å². The van der Waals surface area contributed by atoms with Crippen molar-refractivity contribution >= 4 is 27.9 Å². The maximum Gasteiger partial charge on any atom is 0.336 e. The van der Waals surface area contributed by atoms with Crippen LogP contribution in [-0.4, -0.2) is 19.9 Å². The maximum atomic E-state index is 13.5. The molecule has 0 saturated carbocycles. The number of nitrogens with zero attached hydrogens (tertiary/aromatic N) is 3. The molecule has 158 valence electrons. The monoisotopic (exact) mass is 439 g/mol. The van der Waals surface area contributed by atoms with Gasteiger partial charge in [0.1, 0.15) is 21.3 Å². The van der Waals surface area contributed by atoms with Crippen molar-refractivity contribution in [2.24, 2.45) is 0 Å². The SMILES string of the molecule is Cc1c(=O)n(Cc2cccc(F)c2)c(=O)n2cc(C(=O)NCc3ccc(N)nc3)sc12. The molecule has 3 heterocycles. The lowest BCUT2D eigenvalue weighted by molar-refractivity contribution is 0.0954. The highest BCUT2D eigenvalue weighted by Crippen LogP contribution is 2.18. The Morgan fingerprint density at radius 3 is 2.74 bits per heavy atom. The summed E-state index contributed by atoms with van der Waals surface area (Å²) in [7, 11) is 0. The topological polar surface area (TPSA) is 111 Å². The van der Waals surface area contributed by atoms with E-state index in [0.29, 0.717) is 21.8 Å². The maximum absolute atomic E-state index is 13.5. The van der Waals surface area contributed by atoms with Crippen molar-refractivity contribution in [2.45, 2.75) is 20.0 Å². The first-order chi connectivity index (χ1) is 14.8. The fraction of sp³-hybridized carbons (Fsp3) is 0.143. The summed E-state index contributed by atoms with van der Waals surface area (Å²) in [5, 5.41) is 2.76. The van der Waals surface area contributed by atoms with Crippen molar-refractivity contribution in [3.63, 3.8) is 0 Å². The number of nitrogens with two attached hydrogens (primary N) is 1. The molecule has 0 spiro atoms. The van der Waals surface area contributed by atoms with Crippen molar-refractivity contribution in [3.05, 3.63) is 97.0 Å². The van der Waals surface area contributed by atoms with Crippen LogP contribution < -0.4 is 22.3 Å². The van der Waals surface area contributed by atoms with Gasteiger partial charge in [-0.05, 0) is 36.2 Å². The molecule has 3 aromatic heterocycles. The zero-order valence-electron chi connectivity index (χ0n) is 16.5. The van der Waals surface area contributed by atoms with Crippen LogP contribution in [0.1, 0.15) is 26.4 Å². The lowest BCUT2D eigenvalue weighted by Crippen LogP contribution is -2.38. The van der Waals surface area contributed by atoms with Gasteiger partial charge in [0.15, 0.2) is 0 Å². The largest absolute Gasteiger partial charge is 0.384 e. The lowest BCUT2D eigenvalue weighted by atomic mass is 10.2. The third kappa shape index (κ3) is 4.10. The first kappa shape index (κ1) is 20.5. The van der Waals surface area contributed by atoms with Crippen molar-refractivity contribution in [1.29, 1.82) is 0 Å². The van der Waals surface area contributed by atoms with E-state index >= 15 is 0 Å². The van der Waals surface area contributed by atoms with Crippen molar-refractivity contribution in [3.8, 4) is 0 Å². The molecule has 3 N–H and O–H groups in total. The second kappa shape index (κ2) is 8.15. The number of nitrogens with one attached hydrogen (secondary N) is 1. The second-order valence-electron chi connectivity index (χ2n) is 6.97. The van der Waals surface area contributed by atoms with Crippen LogP contribution >= 0.6 is 11.3 Å². The summed E-state index contributed by atoms with van der Waals surface area (Å²) in [6.07, 6.45) is 2.97.